The minimum absolute atomic E-state index is 0.378. The third-order valence-corrected chi connectivity index (χ3v) is 4.63. The molecule has 0 fully saturated rings. The first-order valence-corrected chi connectivity index (χ1v) is 8.69. The van der Waals surface area contributed by atoms with Crippen LogP contribution in [0.1, 0.15) is 73.1 Å². The largest absolute Gasteiger partial charge is 0.389 e. The monoisotopic (exact) mass is 282 g/mol. The Morgan fingerprint density at radius 3 is 1.67 bits per heavy atom. The van der Waals surface area contributed by atoms with Gasteiger partial charge in [-0.05, 0) is 19.3 Å². The molecule has 0 heterocycles. The van der Waals surface area contributed by atoms with Gasteiger partial charge in [0.1, 0.15) is 0 Å². The Bertz CT molecular complexity index is 233. The minimum atomic E-state index is -4.21. The van der Waals surface area contributed by atoms with Crippen molar-refractivity contribution in [3.05, 3.63) is 0 Å². The van der Waals surface area contributed by atoms with Crippen LogP contribution < -0.4 is 0 Å². The highest BCUT2D eigenvalue weighted by Crippen LogP contribution is 2.50. The van der Waals surface area contributed by atoms with Crippen molar-refractivity contribution in [2.45, 2.75) is 84.4 Å². The van der Waals surface area contributed by atoms with Crippen molar-refractivity contribution in [3.8, 4) is 0 Å². The van der Waals surface area contributed by atoms with Gasteiger partial charge in [0.25, 0.3) is 0 Å². The molecule has 112 valence electrons. The molecular weight excluding hydrogens is 251 g/mol. The van der Waals surface area contributed by atoms with Gasteiger partial charge < -0.3 is 14.9 Å². The van der Waals surface area contributed by atoms with E-state index in [9.17, 15) is 19.5 Å². The van der Waals surface area contributed by atoms with Crippen LogP contribution in [0.5, 0.6) is 0 Å². The van der Waals surface area contributed by atoms with Crippen LogP contribution in [0, 0.1) is 0 Å². The zero-order chi connectivity index (χ0) is 14.8. The predicted molar refractivity (Wildman–Crippen MR) is 76.9 cm³/mol. The third kappa shape index (κ3) is 7.52. The minimum Gasteiger partial charge on any atom is -0.389 e. The molecule has 18 heavy (non-hydrogen) atoms. The predicted octanol–water partition coefficient (Wildman–Crippen LogP) is 3.69. The summed E-state index contributed by atoms with van der Waals surface area (Å²) in [6, 6.07) is 0. The van der Waals surface area contributed by atoms with Gasteiger partial charge in [-0.1, -0.05) is 53.9 Å². The van der Waals surface area contributed by atoms with Gasteiger partial charge in [0.15, 0.2) is 0 Å². The number of unbranched alkanes of at least 4 members (excludes halogenated alkanes) is 1. The van der Waals surface area contributed by atoms with Crippen LogP contribution in [0.15, 0.2) is 0 Å². The lowest BCUT2D eigenvalue weighted by atomic mass is 9.90. The van der Waals surface area contributed by atoms with Crippen molar-refractivity contribution in [1.29, 1.82) is 0 Å². The summed E-state index contributed by atoms with van der Waals surface area (Å²) in [5.41, 5.74) is -2.14. The topological polar surface area (TPSA) is 77.8 Å². The standard InChI is InChI=1S/C10H23O4P.C3H8/c1-4-7-8-9(15(12,13)14)10(11,5-2)6-3;1-3-2/h9,11H,4-8H2,1-3H3,(H2,12,13,14);3H2,1-2H3. The highest BCUT2D eigenvalue weighted by molar-refractivity contribution is 7.52. The molecule has 0 aromatic rings. The SMILES string of the molecule is CCC.CCCCC(C(O)(CC)CC)P(=O)(O)O. The Kier molecular flexibility index (Phi) is 11.3. The van der Waals surface area contributed by atoms with E-state index in [4.69, 9.17) is 0 Å². The molecule has 4 nitrogen and oxygen atoms in total. The van der Waals surface area contributed by atoms with Crippen LogP contribution in [-0.4, -0.2) is 26.2 Å². The summed E-state index contributed by atoms with van der Waals surface area (Å²) in [6.45, 7) is 9.74. The Morgan fingerprint density at radius 2 is 1.44 bits per heavy atom. The molecule has 0 amide bonds. The molecule has 0 aliphatic rings. The van der Waals surface area contributed by atoms with Gasteiger partial charge in [0, 0.05) is 0 Å². The second-order valence-corrected chi connectivity index (χ2v) is 6.57. The lowest BCUT2D eigenvalue weighted by Gasteiger charge is -2.35. The van der Waals surface area contributed by atoms with E-state index in [-0.39, 0.29) is 0 Å². The van der Waals surface area contributed by atoms with E-state index in [0.717, 1.165) is 12.8 Å². The molecule has 0 aromatic heterocycles. The van der Waals surface area contributed by atoms with Crippen molar-refractivity contribution in [1.82, 2.24) is 0 Å². The summed E-state index contributed by atoms with van der Waals surface area (Å²) in [4.78, 5) is 18.5. The molecule has 0 saturated heterocycles. The molecule has 0 saturated carbocycles. The Balaban J connectivity index is 0. The average molecular weight is 282 g/mol. The molecule has 0 spiro atoms. The molecule has 1 atom stereocenters. The van der Waals surface area contributed by atoms with E-state index >= 15 is 0 Å². The van der Waals surface area contributed by atoms with E-state index < -0.39 is 18.9 Å². The van der Waals surface area contributed by atoms with Gasteiger partial charge in [0.2, 0.25) is 0 Å². The third-order valence-electron chi connectivity index (χ3n) is 3.08. The molecule has 0 aromatic carbocycles. The van der Waals surface area contributed by atoms with Crippen LogP contribution in [0.2, 0.25) is 0 Å². The van der Waals surface area contributed by atoms with E-state index in [2.05, 4.69) is 13.8 Å². The molecule has 0 radical (unpaired) electrons. The summed E-state index contributed by atoms with van der Waals surface area (Å²) in [5.74, 6) is 0. The van der Waals surface area contributed by atoms with Crippen molar-refractivity contribution < 1.29 is 19.5 Å². The van der Waals surface area contributed by atoms with Crippen LogP contribution in [-0.2, 0) is 4.57 Å². The number of rotatable bonds is 7. The van der Waals surface area contributed by atoms with Crippen molar-refractivity contribution >= 4 is 7.60 Å². The van der Waals surface area contributed by atoms with Crippen molar-refractivity contribution in [2.24, 2.45) is 0 Å². The summed E-state index contributed by atoms with van der Waals surface area (Å²) in [5, 5.41) is 10.2. The Hall–Kier alpha value is 0.110. The van der Waals surface area contributed by atoms with Crippen LogP contribution in [0.4, 0.5) is 0 Å². The smallest absolute Gasteiger partial charge is 0.331 e. The van der Waals surface area contributed by atoms with Gasteiger partial charge in [-0.3, -0.25) is 4.57 Å². The second-order valence-electron chi connectivity index (χ2n) is 4.76. The normalized spacial score (nSPS) is 13.8. The lowest BCUT2D eigenvalue weighted by Crippen LogP contribution is -2.41. The first kappa shape index (κ1) is 20.4. The van der Waals surface area contributed by atoms with Crippen LogP contribution in [0.25, 0.3) is 0 Å². The number of hydrogen-bond acceptors (Lipinski definition) is 2. The quantitative estimate of drug-likeness (QED) is 0.622. The lowest BCUT2D eigenvalue weighted by molar-refractivity contribution is 0.0182. The van der Waals surface area contributed by atoms with E-state index in [1.807, 2.05) is 6.92 Å². The summed E-state index contributed by atoms with van der Waals surface area (Å²) < 4.78 is 11.3. The van der Waals surface area contributed by atoms with Crippen LogP contribution in [0.3, 0.4) is 0 Å². The highest BCUT2D eigenvalue weighted by atomic mass is 31.2. The molecule has 0 rings (SSSR count). The molecular formula is C13H31O4P. The average Bonchev–Trinajstić information content (AvgIpc) is 2.28. The molecule has 0 bridgehead atoms. The molecule has 5 heteroatoms. The maximum atomic E-state index is 11.3. The van der Waals surface area contributed by atoms with Crippen LogP contribution >= 0.6 is 7.60 Å². The molecule has 3 N–H and O–H groups in total. The van der Waals surface area contributed by atoms with Gasteiger partial charge in [0.05, 0.1) is 11.3 Å². The summed E-state index contributed by atoms with van der Waals surface area (Å²) in [7, 11) is -4.21. The molecule has 0 aliphatic carbocycles. The van der Waals surface area contributed by atoms with E-state index in [1.54, 1.807) is 13.8 Å². The van der Waals surface area contributed by atoms with E-state index in [1.165, 1.54) is 6.42 Å². The summed E-state index contributed by atoms with van der Waals surface area (Å²) in [6.07, 6.45) is 4.00. The fourth-order valence-electron chi connectivity index (χ4n) is 1.87. The van der Waals surface area contributed by atoms with Gasteiger partial charge in [-0.25, -0.2) is 0 Å². The van der Waals surface area contributed by atoms with Crippen molar-refractivity contribution in [2.75, 3.05) is 0 Å². The zero-order valence-electron chi connectivity index (χ0n) is 12.5. The Morgan fingerprint density at radius 1 is 1.06 bits per heavy atom. The first-order chi connectivity index (χ1) is 8.23. The fourth-order valence-corrected chi connectivity index (χ4v) is 3.38. The number of aliphatic hydroxyl groups is 1. The fraction of sp³-hybridized carbons (Fsp3) is 1.00. The first-order valence-electron chi connectivity index (χ1n) is 7.00. The highest BCUT2D eigenvalue weighted by Gasteiger charge is 2.43. The maximum absolute atomic E-state index is 11.3. The van der Waals surface area contributed by atoms with Gasteiger partial charge >= 0.3 is 7.60 Å². The van der Waals surface area contributed by atoms with Gasteiger partial charge in [-0.15, -0.1) is 0 Å². The van der Waals surface area contributed by atoms with Gasteiger partial charge in [-0.2, -0.15) is 0 Å². The second kappa shape index (κ2) is 9.96. The van der Waals surface area contributed by atoms with Crippen molar-refractivity contribution in [3.63, 3.8) is 0 Å². The maximum Gasteiger partial charge on any atom is 0.331 e. The molecule has 1 unspecified atom stereocenters. The number of hydrogen-bond donors (Lipinski definition) is 3. The van der Waals surface area contributed by atoms with E-state index in [0.29, 0.717) is 19.3 Å². The zero-order valence-corrected chi connectivity index (χ0v) is 13.4. The summed E-state index contributed by atoms with van der Waals surface area (Å²) >= 11 is 0. The Labute approximate surface area is 112 Å². The molecule has 0 aliphatic heterocycles.